The van der Waals surface area contributed by atoms with Crippen LogP contribution in [0.3, 0.4) is 0 Å². The molecular formula is C4H14N+. The van der Waals surface area contributed by atoms with Crippen molar-refractivity contribution in [2.45, 2.75) is 7.43 Å². The zero-order valence-corrected chi connectivity index (χ0v) is 3.50. The minimum Gasteiger partial charge on any atom is -0.342 e. The Hall–Kier alpha value is -0.0400. The van der Waals surface area contributed by atoms with Crippen LogP contribution in [0.25, 0.3) is 0 Å². The smallest absolute Gasteiger partial charge is 0.0661 e. The molecular weight excluding hydrogens is 62.1 g/mol. The van der Waals surface area contributed by atoms with Gasteiger partial charge in [0.25, 0.3) is 0 Å². The first kappa shape index (κ1) is 8.88. The topological polar surface area (TPSA) is 4.44 Å². The Morgan fingerprint density at radius 2 is 1.00 bits per heavy atom. The van der Waals surface area contributed by atoms with Crippen LogP contribution in [0.4, 0.5) is 0 Å². The summed E-state index contributed by atoms with van der Waals surface area (Å²) >= 11 is 0. The molecule has 0 aromatic carbocycles. The minimum absolute atomic E-state index is 0. The quantitative estimate of drug-likeness (QED) is 0.393. The van der Waals surface area contributed by atoms with E-state index in [1.165, 1.54) is 4.90 Å². The Bertz CT molecular complexity index is 8.36. The van der Waals surface area contributed by atoms with Crippen molar-refractivity contribution in [1.82, 2.24) is 0 Å². The summed E-state index contributed by atoms with van der Waals surface area (Å²) < 4.78 is 0. The van der Waals surface area contributed by atoms with Crippen molar-refractivity contribution in [1.29, 1.82) is 0 Å². The average molecular weight is 76.2 g/mol. The fourth-order valence-electron chi connectivity index (χ4n) is 0. The molecule has 0 bridgehead atoms. The van der Waals surface area contributed by atoms with Crippen LogP contribution >= 0.6 is 0 Å². The largest absolute Gasteiger partial charge is 0.342 e. The van der Waals surface area contributed by atoms with Crippen LogP contribution in [0, 0.1) is 0 Å². The van der Waals surface area contributed by atoms with Crippen molar-refractivity contribution >= 4 is 0 Å². The molecule has 0 saturated carbocycles. The van der Waals surface area contributed by atoms with E-state index in [0.29, 0.717) is 0 Å². The van der Waals surface area contributed by atoms with Gasteiger partial charge in [0.1, 0.15) is 0 Å². The molecule has 0 aliphatic rings. The standard InChI is InChI=1S/C3H9N.CH4/c1-4(2)3;/h1-3H3;1H4/p+1. The molecule has 0 aliphatic heterocycles. The van der Waals surface area contributed by atoms with E-state index in [9.17, 15) is 0 Å². The molecule has 1 nitrogen and oxygen atoms in total. The highest BCUT2D eigenvalue weighted by Gasteiger charge is 1.61. The van der Waals surface area contributed by atoms with E-state index in [2.05, 4.69) is 21.1 Å². The van der Waals surface area contributed by atoms with Gasteiger partial charge in [0.05, 0.1) is 21.1 Å². The van der Waals surface area contributed by atoms with Gasteiger partial charge in [-0.1, -0.05) is 7.43 Å². The fraction of sp³-hybridized carbons (Fsp3) is 1.00. The second-order valence-electron chi connectivity index (χ2n) is 1.50. The van der Waals surface area contributed by atoms with Crippen molar-refractivity contribution < 1.29 is 4.90 Å². The van der Waals surface area contributed by atoms with Gasteiger partial charge in [0, 0.05) is 0 Å². The Morgan fingerprint density at radius 3 is 1.00 bits per heavy atom. The zero-order chi connectivity index (χ0) is 3.58. The van der Waals surface area contributed by atoms with Gasteiger partial charge in [0.15, 0.2) is 0 Å². The maximum absolute atomic E-state index is 2.08. The van der Waals surface area contributed by atoms with Gasteiger partial charge in [-0.25, -0.2) is 0 Å². The van der Waals surface area contributed by atoms with E-state index in [0.717, 1.165) is 0 Å². The van der Waals surface area contributed by atoms with Crippen LogP contribution in [0.5, 0.6) is 0 Å². The van der Waals surface area contributed by atoms with Crippen LogP contribution in [0.1, 0.15) is 7.43 Å². The molecule has 0 amide bonds. The van der Waals surface area contributed by atoms with Gasteiger partial charge >= 0.3 is 0 Å². The van der Waals surface area contributed by atoms with Crippen molar-refractivity contribution in [3.05, 3.63) is 0 Å². The summed E-state index contributed by atoms with van der Waals surface area (Å²) in [6.45, 7) is 0. The van der Waals surface area contributed by atoms with Crippen LogP contribution in [0.2, 0.25) is 0 Å². The Morgan fingerprint density at radius 1 is 1.00 bits per heavy atom. The second kappa shape index (κ2) is 3.96. The predicted octanol–water partition coefficient (Wildman–Crippen LogP) is -0.603. The molecule has 1 N–H and O–H groups in total. The van der Waals surface area contributed by atoms with Crippen molar-refractivity contribution in [2.24, 2.45) is 0 Å². The number of quaternary nitrogens is 1. The number of rotatable bonds is 0. The summed E-state index contributed by atoms with van der Waals surface area (Å²) in [5, 5.41) is 0. The number of hydrogen-bond donors (Lipinski definition) is 1. The Labute approximate surface area is 34.6 Å². The number of hydrogen-bond acceptors (Lipinski definition) is 0. The predicted molar refractivity (Wildman–Crippen MR) is 25.5 cm³/mol. The van der Waals surface area contributed by atoms with Crippen molar-refractivity contribution in [2.75, 3.05) is 21.1 Å². The monoisotopic (exact) mass is 76.1 g/mol. The molecule has 0 aliphatic carbocycles. The lowest BCUT2D eigenvalue weighted by Crippen LogP contribution is -3.02. The summed E-state index contributed by atoms with van der Waals surface area (Å²) in [7, 11) is 6.25. The van der Waals surface area contributed by atoms with Gasteiger partial charge < -0.3 is 4.90 Å². The Balaban J connectivity index is 0. The highest BCUT2D eigenvalue weighted by molar-refractivity contribution is 3.59. The summed E-state index contributed by atoms with van der Waals surface area (Å²) in [5.74, 6) is 0. The molecule has 0 fully saturated rings. The van der Waals surface area contributed by atoms with Gasteiger partial charge in [0.2, 0.25) is 0 Å². The van der Waals surface area contributed by atoms with Crippen molar-refractivity contribution in [3.63, 3.8) is 0 Å². The molecule has 0 aromatic heterocycles. The zero-order valence-electron chi connectivity index (χ0n) is 3.50. The average Bonchev–Trinajstić information content (AvgIpc) is 0.811. The maximum atomic E-state index is 2.08. The lowest BCUT2D eigenvalue weighted by Gasteiger charge is -1.88. The summed E-state index contributed by atoms with van der Waals surface area (Å²) in [6, 6.07) is 0. The molecule has 0 saturated heterocycles. The van der Waals surface area contributed by atoms with Crippen LogP contribution in [0.15, 0.2) is 0 Å². The maximum Gasteiger partial charge on any atom is 0.0661 e. The third kappa shape index (κ3) is 9510. The molecule has 0 rings (SSSR count). The summed E-state index contributed by atoms with van der Waals surface area (Å²) in [6.07, 6.45) is 0. The SMILES string of the molecule is C.C[NH+](C)C. The van der Waals surface area contributed by atoms with Gasteiger partial charge in [-0.3, -0.25) is 0 Å². The van der Waals surface area contributed by atoms with Gasteiger partial charge in [-0.2, -0.15) is 0 Å². The Kier molecular flexibility index (Phi) is 7.03. The van der Waals surface area contributed by atoms with Crippen LogP contribution in [-0.2, 0) is 0 Å². The molecule has 5 heavy (non-hydrogen) atoms. The molecule has 0 heterocycles. The van der Waals surface area contributed by atoms with E-state index < -0.39 is 0 Å². The lowest BCUT2D eigenvalue weighted by molar-refractivity contribution is -0.836. The molecule has 34 valence electrons. The summed E-state index contributed by atoms with van der Waals surface area (Å²) in [4.78, 5) is 1.42. The normalized spacial score (nSPS) is 7.20. The van der Waals surface area contributed by atoms with E-state index >= 15 is 0 Å². The first-order valence-corrected chi connectivity index (χ1v) is 1.50. The van der Waals surface area contributed by atoms with Crippen LogP contribution < -0.4 is 4.90 Å². The van der Waals surface area contributed by atoms with Crippen molar-refractivity contribution in [3.8, 4) is 0 Å². The molecule has 0 radical (unpaired) electrons. The number of nitrogens with one attached hydrogen (secondary N) is 1. The second-order valence-corrected chi connectivity index (χ2v) is 1.50. The van der Waals surface area contributed by atoms with Crippen LogP contribution in [-0.4, -0.2) is 21.1 Å². The first-order valence-electron chi connectivity index (χ1n) is 1.50. The van der Waals surface area contributed by atoms with E-state index in [1.807, 2.05) is 0 Å². The first-order chi connectivity index (χ1) is 1.73. The van der Waals surface area contributed by atoms with E-state index in [-0.39, 0.29) is 7.43 Å². The molecule has 0 unspecified atom stereocenters. The van der Waals surface area contributed by atoms with E-state index in [4.69, 9.17) is 0 Å². The van der Waals surface area contributed by atoms with Gasteiger partial charge in [-0.05, 0) is 0 Å². The molecule has 0 spiro atoms. The summed E-state index contributed by atoms with van der Waals surface area (Å²) in [5.41, 5.74) is 0. The highest BCUT2D eigenvalue weighted by Crippen LogP contribution is 0.864. The lowest BCUT2D eigenvalue weighted by atomic mass is 11.0. The third-order valence-electron chi connectivity index (χ3n) is 0. The molecule has 1 heteroatoms. The third-order valence-corrected chi connectivity index (χ3v) is 0. The highest BCUT2D eigenvalue weighted by atomic mass is 15.0. The minimum atomic E-state index is 0. The molecule has 0 aromatic rings. The fourth-order valence-corrected chi connectivity index (χ4v) is 0. The van der Waals surface area contributed by atoms with E-state index in [1.54, 1.807) is 0 Å². The van der Waals surface area contributed by atoms with Gasteiger partial charge in [-0.15, -0.1) is 0 Å². The molecule has 0 atom stereocenters.